The summed E-state index contributed by atoms with van der Waals surface area (Å²) >= 11 is 1.35. The molecule has 0 unspecified atom stereocenters. The lowest BCUT2D eigenvalue weighted by molar-refractivity contribution is -0.137. The number of nitrogens with one attached hydrogen (secondary N) is 1. The molecule has 7 heteroatoms. The van der Waals surface area contributed by atoms with Crippen molar-refractivity contribution in [2.75, 3.05) is 5.32 Å². The Morgan fingerprint density at radius 3 is 2.50 bits per heavy atom. The summed E-state index contributed by atoms with van der Waals surface area (Å²) in [6.45, 7) is 0. The lowest BCUT2D eigenvalue weighted by atomic mass is 10.1. The van der Waals surface area contributed by atoms with Gasteiger partial charge in [0.15, 0.2) is 5.13 Å². The highest BCUT2D eigenvalue weighted by atomic mass is 32.1. The van der Waals surface area contributed by atoms with Gasteiger partial charge in [0, 0.05) is 17.5 Å². The Balaban J connectivity index is 1.60. The first-order valence-corrected chi connectivity index (χ1v) is 8.66. The molecule has 0 aliphatic heterocycles. The van der Waals surface area contributed by atoms with Crippen LogP contribution in [0.2, 0.25) is 0 Å². The van der Waals surface area contributed by atoms with E-state index in [9.17, 15) is 18.0 Å². The number of amides is 1. The zero-order valence-corrected chi connectivity index (χ0v) is 14.4. The van der Waals surface area contributed by atoms with E-state index in [0.29, 0.717) is 17.1 Å². The average molecular weight is 376 g/mol. The predicted octanol–water partition coefficient (Wildman–Crippen LogP) is 4.93. The van der Waals surface area contributed by atoms with Crippen molar-refractivity contribution in [3.8, 4) is 0 Å². The normalized spacial score (nSPS) is 11.3. The van der Waals surface area contributed by atoms with E-state index in [-0.39, 0.29) is 6.42 Å². The van der Waals surface area contributed by atoms with Gasteiger partial charge in [0.1, 0.15) is 0 Å². The Kier molecular flexibility index (Phi) is 5.37. The summed E-state index contributed by atoms with van der Waals surface area (Å²) in [5, 5.41) is 3.08. The smallest absolute Gasteiger partial charge is 0.302 e. The van der Waals surface area contributed by atoms with Crippen LogP contribution >= 0.6 is 11.3 Å². The van der Waals surface area contributed by atoms with Crippen LogP contribution in [0.5, 0.6) is 0 Å². The summed E-state index contributed by atoms with van der Waals surface area (Å²) in [6.07, 6.45) is -2.16. The molecule has 0 saturated heterocycles. The Morgan fingerprint density at radius 1 is 1.04 bits per heavy atom. The van der Waals surface area contributed by atoms with Gasteiger partial charge in [-0.05, 0) is 17.2 Å². The van der Waals surface area contributed by atoms with Crippen molar-refractivity contribution in [3.05, 3.63) is 82.4 Å². The molecular weight excluding hydrogens is 361 g/mol. The summed E-state index contributed by atoms with van der Waals surface area (Å²) in [4.78, 5) is 17.2. The molecule has 0 bridgehead atoms. The van der Waals surface area contributed by atoms with Crippen molar-refractivity contribution in [1.82, 2.24) is 4.98 Å². The summed E-state index contributed by atoms with van der Waals surface area (Å²) in [5.74, 6) is -0.398. The van der Waals surface area contributed by atoms with E-state index in [4.69, 9.17) is 0 Å². The lowest BCUT2D eigenvalue weighted by Crippen LogP contribution is -2.15. The van der Waals surface area contributed by atoms with Crippen molar-refractivity contribution in [3.63, 3.8) is 0 Å². The van der Waals surface area contributed by atoms with E-state index in [0.717, 1.165) is 22.6 Å². The Hall–Kier alpha value is -2.67. The van der Waals surface area contributed by atoms with Crippen molar-refractivity contribution in [1.29, 1.82) is 0 Å². The molecule has 3 rings (SSSR count). The molecule has 0 aliphatic rings. The molecule has 0 aliphatic carbocycles. The van der Waals surface area contributed by atoms with E-state index < -0.39 is 17.6 Å². The van der Waals surface area contributed by atoms with Crippen LogP contribution in [-0.2, 0) is 23.8 Å². The molecule has 1 amide bonds. The van der Waals surface area contributed by atoms with Crippen LogP contribution in [0.3, 0.4) is 0 Å². The minimum absolute atomic E-state index is 0.141. The number of rotatable bonds is 5. The fourth-order valence-electron chi connectivity index (χ4n) is 2.45. The summed E-state index contributed by atoms with van der Waals surface area (Å²) in [6, 6.07) is 14.6. The number of carbonyl (C=O) groups excluding carboxylic acids is 1. The van der Waals surface area contributed by atoms with Gasteiger partial charge in [-0.3, -0.25) is 4.79 Å². The Morgan fingerprint density at radius 2 is 1.77 bits per heavy atom. The maximum atomic E-state index is 12.7. The molecule has 0 radical (unpaired) electrons. The van der Waals surface area contributed by atoms with Crippen molar-refractivity contribution in [2.45, 2.75) is 19.0 Å². The number of aromatic nitrogens is 1. The van der Waals surface area contributed by atoms with Gasteiger partial charge in [0.2, 0.25) is 5.91 Å². The molecule has 0 fully saturated rings. The Labute approximate surface area is 152 Å². The van der Waals surface area contributed by atoms with Crippen molar-refractivity contribution in [2.24, 2.45) is 0 Å². The number of nitrogens with zero attached hydrogens (tertiary/aromatic N) is 1. The maximum absolute atomic E-state index is 12.7. The van der Waals surface area contributed by atoms with Crippen LogP contribution in [0, 0.1) is 0 Å². The SMILES string of the molecule is O=C(Cc1cccc(C(F)(F)F)c1)Nc1ncc(Cc2ccccc2)s1. The maximum Gasteiger partial charge on any atom is 0.416 e. The van der Waals surface area contributed by atoms with E-state index in [1.165, 1.54) is 23.5 Å². The lowest BCUT2D eigenvalue weighted by Gasteiger charge is -2.08. The molecule has 3 aromatic rings. The van der Waals surface area contributed by atoms with Gasteiger partial charge < -0.3 is 5.32 Å². The number of hydrogen-bond acceptors (Lipinski definition) is 3. The van der Waals surface area contributed by atoms with Crippen molar-refractivity contribution < 1.29 is 18.0 Å². The fourth-order valence-corrected chi connectivity index (χ4v) is 3.31. The van der Waals surface area contributed by atoms with Gasteiger partial charge >= 0.3 is 6.18 Å². The van der Waals surface area contributed by atoms with E-state index in [1.807, 2.05) is 30.3 Å². The number of hydrogen-bond donors (Lipinski definition) is 1. The third-order valence-corrected chi connectivity index (χ3v) is 4.55. The average Bonchev–Trinajstić information content (AvgIpc) is 3.02. The second-order valence-electron chi connectivity index (χ2n) is 5.72. The molecule has 134 valence electrons. The molecule has 1 aromatic heterocycles. The van der Waals surface area contributed by atoms with Gasteiger partial charge in [-0.1, -0.05) is 48.5 Å². The second-order valence-corrected chi connectivity index (χ2v) is 6.83. The number of thiazole rings is 1. The number of carbonyl (C=O) groups is 1. The third-order valence-electron chi connectivity index (χ3n) is 3.64. The summed E-state index contributed by atoms with van der Waals surface area (Å²) in [5.41, 5.74) is 0.679. The quantitative estimate of drug-likeness (QED) is 0.686. The zero-order chi connectivity index (χ0) is 18.6. The topological polar surface area (TPSA) is 42.0 Å². The van der Waals surface area contributed by atoms with Crippen LogP contribution in [0.15, 0.2) is 60.8 Å². The highest BCUT2D eigenvalue weighted by molar-refractivity contribution is 7.15. The first-order valence-electron chi connectivity index (χ1n) is 7.85. The first-order chi connectivity index (χ1) is 12.4. The molecule has 1 N–H and O–H groups in total. The zero-order valence-electron chi connectivity index (χ0n) is 13.6. The van der Waals surface area contributed by atoms with Gasteiger partial charge in [0.05, 0.1) is 12.0 Å². The molecule has 2 aromatic carbocycles. The molecule has 0 atom stereocenters. The third kappa shape index (κ3) is 4.92. The monoisotopic (exact) mass is 376 g/mol. The molecular formula is C19H15F3N2OS. The highest BCUT2D eigenvalue weighted by Crippen LogP contribution is 2.29. The van der Waals surface area contributed by atoms with E-state index in [2.05, 4.69) is 10.3 Å². The minimum atomic E-state index is -4.42. The van der Waals surface area contributed by atoms with Crippen LogP contribution in [-0.4, -0.2) is 10.9 Å². The van der Waals surface area contributed by atoms with Crippen LogP contribution in [0.4, 0.5) is 18.3 Å². The molecule has 26 heavy (non-hydrogen) atoms. The second kappa shape index (κ2) is 7.70. The predicted molar refractivity (Wildman–Crippen MR) is 95.1 cm³/mol. The molecule has 0 saturated carbocycles. The fraction of sp³-hybridized carbons (Fsp3) is 0.158. The largest absolute Gasteiger partial charge is 0.416 e. The number of halogens is 3. The summed E-state index contributed by atoms with van der Waals surface area (Å²) in [7, 11) is 0. The number of benzene rings is 2. The van der Waals surface area contributed by atoms with Crippen molar-refractivity contribution >= 4 is 22.4 Å². The van der Waals surface area contributed by atoms with Gasteiger partial charge in [-0.15, -0.1) is 11.3 Å². The first kappa shape index (κ1) is 18.1. The minimum Gasteiger partial charge on any atom is -0.302 e. The number of alkyl halides is 3. The Bertz CT molecular complexity index is 891. The molecule has 3 nitrogen and oxygen atoms in total. The molecule has 0 spiro atoms. The van der Waals surface area contributed by atoms with Crippen LogP contribution < -0.4 is 5.32 Å². The van der Waals surface area contributed by atoms with Crippen LogP contribution in [0.1, 0.15) is 21.6 Å². The van der Waals surface area contributed by atoms with Gasteiger partial charge in [-0.2, -0.15) is 13.2 Å². The van der Waals surface area contributed by atoms with Gasteiger partial charge in [-0.25, -0.2) is 4.98 Å². The van der Waals surface area contributed by atoms with Crippen LogP contribution in [0.25, 0.3) is 0 Å². The highest BCUT2D eigenvalue weighted by Gasteiger charge is 2.30. The van der Waals surface area contributed by atoms with E-state index >= 15 is 0 Å². The van der Waals surface area contributed by atoms with E-state index in [1.54, 1.807) is 6.20 Å². The standard InChI is InChI=1S/C19H15F3N2OS/c20-19(21,22)15-8-4-7-14(9-15)11-17(25)24-18-23-12-16(26-18)10-13-5-2-1-3-6-13/h1-9,12H,10-11H2,(H,23,24,25). The summed E-state index contributed by atoms with van der Waals surface area (Å²) < 4.78 is 38.2. The molecule has 1 heterocycles. The van der Waals surface area contributed by atoms with Gasteiger partial charge in [0.25, 0.3) is 0 Å². The number of anilines is 1.